The van der Waals surface area contributed by atoms with Crippen molar-refractivity contribution in [2.45, 2.75) is 72.1 Å². The van der Waals surface area contributed by atoms with Crippen LogP contribution in [-0.2, 0) is 24.1 Å². The lowest BCUT2D eigenvalue weighted by atomic mass is 10.0. The van der Waals surface area contributed by atoms with Gasteiger partial charge >= 0.3 is 5.97 Å². The van der Waals surface area contributed by atoms with Gasteiger partial charge in [-0.1, -0.05) is 44.5 Å². The van der Waals surface area contributed by atoms with Crippen LogP contribution in [0.1, 0.15) is 76.6 Å². The molecule has 0 heterocycles. The standard InChI is InChI=1S/C34H43F2N3O3/c1-5-8-12-39(7-3)33(40)27-13-23(4)14-28(19-27)34(41)42-32(22-38-21-25-11-9-10-24(6-2)15-25)31(37)18-26-16-29(35)20-30(36)17-26/h9-11,13-17,19-20,31-32,38H,5-8,12,18,21-22,37H2,1-4H3/t31-,32+/m0/s1. The Bertz CT molecular complexity index is 1330. The summed E-state index contributed by atoms with van der Waals surface area (Å²) in [6.45, 7) is 9.87. The van der Waals surface area contributed by atoms with Crippen LogP contribution < -0.4 is 11.1 Å². The molecular formula is C34H43F2N3O3. The number of aryl methyl sites for hydroxylation is 2. The summed E-state index contributed by atoms with van der Waals surface area (Å²) >= 11 is 0. The van der Waals surface area contributed by atoms with E-state index in [9.17, 15) is 18.4 Å². The molecule has 226 valence electrons. The fraction of sp³-hybridized carbons (Fsp3) is 0.412. The second-order valence-electron chi connectivity index (χ2n) is 10.7. The molecule has 0 aliphatic carbocycles. The maximum Gasteiger partial charge on any atom is 0.338 e. The fourth-order valence-corrected chi connectivity index (χ4v) is 4.90. The lowest BCUT2D eigenvalue weighted by molar-refractivity contribution is 0.0238. The molecule has 3 rings (SSSR count). The van der Waals surface area contributed by atoms with Crippen molar-refractivity contribution in [1.29, 1.82) is 0 Å². The second-order valence-corrected chi connectivity index (χ2v) is 10.7. The van der Waals surface area contributed by atoms with E-state index >= 15 is 0 Å². The predicted octanol–water partition coefficient (Wildman–Crippen LogP) is 5.98. The molecule has 3 aromatic rings. The maximum absolute atomic E-state index is 13.8. The highest BCUT2D eigenvalue weighted by atomic mass is 19.1. The summed E-state index contributed by atoms with van der Waals surface area (Å²) in [7, 11) is 0. The van der Waals surface area contributed by atoms with Gasteiger partial charge in [0, 0.05) is 43.9 Å². The van der Waals surface area contributed by atoms with Gasteiger partial charge in [0.05, 0.1) is 5.56 Å². The van der Waals surface area contributed by atoms with E-state index in [4.69, 9.17) is 10.5 Å². The molecule has 3 aromatic carbocycles. The van der Waals surface area contributed by atoms with E-state index in [0.717, 1.165) is 36.5 Å². The van der Waals surface area contributed by atoms with E-state index < -0.39 is 29.7 Å². The van der Waals surface area contributed by atoms with Crippen LogP contribution in [0.3, 0.4) is 0 Å². The highest BCUT2D eigenvalue weighted by Gasteiger charge is 2.25. The number of nitrogens with two attached hydrogens (primary N) is 1. The molecular weight excluding hydrogens is 536 g/mol. The van der Waals surface area contributed by atoms with Gasteiger partial charge in [0.1, 0.15) is 17.7 Å². The van der Waals surface area contributed by atoms with Gasteiger partial charge in [-0.15, -0.1) is 0 Å². The third-order valence-electron chi connectivity index (χ3n) is 7.21. The number of ether oxygens (including phenoxy) is 1. The summed E-state index contributed by atoms with van der Waals surface area (Å²) in [6, 6.07) is 15.7. The summed E-state index contributed by atoms with van der Waals surface area (Å²) < 4.78 is 33.6. The second kappa shape index (κ2) is 16.1. The first-order chi connectivity index (χ1) is 20.1. The number of carbonyl (C=O) groups excluding carboxylic acids is 2. The number of hydrogen-bond acceptors (Lipinski definition) is 5. The van der Waals surface area contributed by atoms with Crippen LogP contribution in [0.2, 0.25) is 0 Å². The molecule has 0 saturated heterocycles. The highest BCUT2D eigenvalue weighted by Crippen LogP contribution is 2.17. The summed E-state index contributed by atoms with van der Waals surface area (Å²) in [5.41, 5.74) is 10.6. The van der Waals surface area contributed by atoms with Crippen molar-refractivity contribution in [1.82, 2.24) is 10.2 Å². The first kappa shape index (κ1) is 32.9. The Morgan fingerprint density at radius 2 is 1.62 bits per heavy atom. The zero-order valence-electron chi connectivity index (χ0n) is 25.1. The Morgan fingerprint density at radius 1 is 0.929 bits per heavy atom. The number of nitrogens with zero attached hydrogens (tertiary/aromatic N) is 1. The molecule has 0 fully saturated rings. The minimum atomic E-state index is -0.811. The average Bonchev–Trinajstić information content (AvgIpc) is 2.96. The van der Waals surface area contributed by atoms with Gasteiger partial charge in [0.15, 0.2) is 0 Å². The Morgan fingerprint density at radius 3 is 2.29 bits per heavy atom. The van der Waals surface area contributed by atoms with Gasteiger partial charge in [-0.3, -0.25) is 4.79 Å². The summed E-state index contributed by atoms with van der Waals surface area (Å²) in [5.74, 6) is -2.15. The third kappa shape index (κ3) is 9.74. The number of unbranched alkanes of at least 4 members (excludes halogenated alkanes) is 1. The number of esters is 1. The van der Waals surface area contributed by atoms with Crippen molar-refractivity contribution < 1.29 is 23.1 Å². The van der Waals surface area contributed by atoms with E-state index in [-0.39, 0.29) is 24.4 Å². The minimum absolute atomic E-state index is 0.0973. The van der Waals surface area contributed by atoms with Crippen molar-refractivity contribution >= 4 is 11.9 Å². The Kier molecular flexibility index (Phi) is 12.6. The van der Waals surface area contributed by atoms with E-state index in [1.165, 1.54) is 17.7 Å². The molecule has 0 spiro atoms. The van der Waals surface area contributed by atoms with Gasteiger partial charge in [-0.25, -0.2) is 13.6 Å². The lowest BCUT2D eigenvalue weighted by Crippen LogP contribution is -2.46. The third-order valence-corrected chi connectivity index (χ3v) is 7.21. The molecule has 0 aliphatic rings. The van der Waals surface area contributed by atoms with Gasteiger partial charge in [-0.05, 0) is 85.7 Å². The van der Waals surface area contributed by atoms with E-state index in [2.05, 4.69) is 31.3 Å². The van der Waals surface area contributed by atoms with Crippen LogP contribution in [0.5, 0.6) is 0 Å². The summed E-state index contributed by atoms with van der Waals surface area (Å²) in [6.07, 6.45) is 2.07. The van der Waals surface area contributed by atoms with Gasteiger partial charge < -0.3 is 20.7 Å². The van der Waals surface area contributed by atoms with Gasteiger partial charge in [0.25, 0.3) is 5.91 Å². The molecule has 2 atom stereocenters. The maximum atomic E-state index is 13.8. The number of carbonyl (C=O) groups is 2. The van der Waals surface area contributed by atoms with Crippen LogP contribution in [0, 0.1) is 18.6 Å². The first-order valence-corrected chi connectivity index (χ1v) is 14.7. The largest absolute Gasteiger partial charge is 0.456 e. The van der Waals surface area contributed by atoms with E-state index in [1.807, 2.05) is 26.0 Å². The van der Waals surface area contributed by atoms with Crippen LogP contribution in [-0.4, -0.2) is 48.6 Å². The zero-order valence-corrected chi connectivity index (χ0v) is 25.1. The topological polar surface area (TPSA) is 84.7 Å². The van der Waals surface area contributed by atoms with E-state index in [1.54, 1.807) is 23.1 Å². The number of rotatable bonds is 15. The quantitative estimate of drug-likeness (QED) is 0.216. The lowest BCUT2D eigenvalue weighted by Gasteiger charge is -2.25. The molecule has 0 bridgehead atoms. The fourth-order valence-electron chi connectivity index (χ4n) is 4.90. The molecule has 3 N–H and O–H groups in total. The number of benzene rings is 3. The van der Waals surface area contributed by atoms with Crippen LogP contribution >= 0.6 is 0 Å². The normalized spacial score (nSPS) is 12.5. The SMILES string of the molecule is CCCCN(CC)C(=O)c1cc(C)cc(C(=O)O[C@H](CNCc2cccc(CC)c2)[C@@H](N)Cc2cc(F)cc(F)c2)c1. The van der Waals surface area contributed by atoms with Gasteiger partial charge in [-0.2, -0.15) is 0 Å². The van der Waals surface area contributed by atoms with Crippen LogP contribution in [0.25, 0.3) is 0 Å². The molecule has 0 aromatic heterocycles. The molecule has 0 unspecified atom stereocenters. The molecule has 8 heteroatoms. The zero-order chi connectivity index (χ0) is 30.6. The molecule has 0 radical (unpaired) electrons. The summed E-state index contributed by atoms with van der Waals surface area (Å²) in [4.78, 5) is 28.4. The number of amides is 1. The van der Waals surface area contributed by atoms with Crippen LogP contribution in [0.4, 0.5) is 8.78 Å². The predicted molar refractivity (Wildman–Crippen MR) is 162 cm³/mol. The number of halogens is 2. The molecule has 42 heavy (non-hydrogen) atoms. The van der Waals surface area contributed by atoms with Gasteiger partial charge in [0.2, 0.25) is 0 Å². The Labute approximate surface area is 248 Å². The highest BCUT2D eigenvalue weighted by molar-refractivity contribution is 5.98. The number of hydrogen-bond donors (Lipinski definition) is 2. The van der Waals surface area contributed by atoms with E-state index in [0.29, 0.717) is 30.8 Å². The van der Waals surface area contributed by atoms with Crippen molar-refractivity contribution in [3.8, 4) is 0 Å². The monoisotopic (exact) mass is 579 g/mol. The molecule has 1 amide bonds. The molecule has 0 saturated carbocycles. The Hall–Kier alpha value is -3.62. The Balaban J connectivity index is 1.80. The minimum Gasteiger partial charge on any atom is -0.456 e. The molecule has 0 aliphatic heterocycles. The average molecular weight is 580 g/mol. The summed E-state index contributed by atoms with van der Waals surface area (Å²) in [5, 5.41) is 3.32. The molecule has 6 nitrogen and oxygen atoms in total. The van der Waals surface area contributed by atoms with Crippen molar-refractivity contribution in [2.75, 3.05) is 19.6 Å². The van der Waals surface area contributed by atoms with Crippen molar-refractivity contribution in [3.05, 3.63) is 106 Å². The van der Waals surface area contributed by atoms with Crippen molar-refractivity contribution in [2.24, 2.45) is 5.73 Å². The van der Waals surface area contributed by atoms with Crippen molar-refractivity contribution in [3.63, 3.8) is 0 Å². The first-order valence-electron chi connectivity index (χ1n) is 14.7. The smallest absolute Gasteiger partial charge is 0.338 e. The van der Waals surface area contributed by atoms with Crippen LogP contribution in [0.15, 0.2) is 60.7 Å². The number of nitrogens with one attached hydrogen (secondary N) is 1.